The molecule has 5 heteroatoms. The Balaban J connectivity index is 1.70. The predicted octanol–water partition coefficient (Wildman–Crippen LogP) is 4.36. The van der Waals surface area contributed by atoms with Crippen molar-refractivity contribution < 1.29 is 19.4 Å². The minimum absolute atomic E-state index is 0.124. The van der Waals surface area contributed by atoms with Crippen LogP contribution in [0.25, 0.3) is 0 Å². The summed E-state index contributed by atoms with van der Waals surface area (Å²) in [4.78, 5) is 14.9. The van der Waals surface area contributed by atoms with Crippen LogP contribution in [0.3, 0.4) is 0 Å². The molecule has 0 aliphatic heterocycles. The highest BCUT2D eigenvalue weighted by molar-refractivity contribution is 5.87. The van der Waals surface area contributed by atoms with Crippen LogP contribution in [0.5, 0.6) is 23.1 Å². The molecule has 0 saturated heterocycles. The van der Waals surface area contributed by atoms with Crippen LogP contribution >= 0.6 is 0 Å². The summed E-state index contributed by atoms with van der Waals surface area (Å²) in [6, 6.07) is 19.2. The van der Waals surface area contributed by atoms with E-state index in [2.05, 4.69) is 4.98 Å². The lowest BCUT2D eigenvalue weighted by molar-refractivity contribution is 0.0696. The zero-order valence-corrected chi connectivity index (χ0v) is 12.0. The molecule has 0 spiro atoms. The van der Waals surface area contributed by atoms with E-state index in [1.807, 2.05) is 30.3 Å². The zero-order valence-electron chi connectivity index (χ0n) is 12.0. The number of hydrogen-bond donors (Lipinski definition) is 1. The van der Waals surface area contributed by atoms with E-state index in [1.165, 1.54) is 18.3 Å². The van der Waals surface area contributed by atoms with E-state index in [4.69, 9.17) is 14.6 Å². The summed E-state index contributed by atoms with van der Waals surface area (Å²) in [5.74, 6) is 1.17. The summed E-state index contributed by atoms with van der Waals surface area (Å²) >= 11 is 0. The maximum absolute atomic E-state index is 10.9. The van der Waals surface area contributed by atoms with Crippen molar-refractivity contribution in [2.24, 2.45) is 0 Å². The number of hydrogen-bond acceptors (Lipinski definition) is 4. The van der Waals surface area contributed by atoms with E-state index < -0.39 is 5.97 Å². The van der Waals surface area contributed by atoms with Crippen molar-refractivity contribution in [2.75, 3.05) is 0 Å². The Morgan fingerprint density at radius 1 is 0.826 bits per heavy atom. The third kappa shape index (κ3) is 3.85. The second kappa shape index (κ2) is 6.62. The zero-order chi connectivity index (χ0) is 16.1. The number of aromatic nitrogens is 1. The van der Waals surface area contributed by atoms with Gasteiger partial charge in [0.15, 0.2) is 0 Å². The van der Waals surface area contributed by atoms with Crippen LogP contribution in [-0.4, -0.2) is 16.1 Å². The first-order chi connectivity index (χ1) is 11.2. The van der Waals surface area contributed by atoms with Gasteiger partial charge >= 0.3 is 5.97 Å². The van der Waals surface area contributed by atoms with Gasteiger partial charge in [0.1, 0.15) is 17.2 Å². The fourth-order valence-electron chi connectivity index (χ4n) is 1.92. The summed E-state index contributed by atoms with van der Waals surface area (Å²) in [7, 11) is 0. The van der Waals surface area contributed by atoms with Crippen molar-refractivity contribution in [2.45, 2.75) is 0 Å². The standard InChI is InChI=1S/C18H13NO4/c20-18(21)13-10-11-19-17(12-13)23-16-8-6-15(7-9-16)22-14-4-2-1-3-5-14/h1-12H,(H,20,21). The largest absolute Gasteiger partial charge is 0.478 e. The van der Waals surface area contributed by atoms with E-state index in [-0.39, 0.29) is 11.4 Å². The van der Waals surface area contributed by atoms with Crippen LogP contribution in [0, 0.1) is 0 Å². The highest BCUT2D eigenvalue weighted by Gasteiger charge is 2.06. The van der Waals surface area contributed by atoms with E-state index >= 15 is 0 Å². The number of aromatic carboxylic acids is 1. The molecule has 0 fully saturated rings. The summed E-state index contributed by atoms with van der Waals surface area (Å²) in [6.07, 6.45) is 1.39. The molecule has 1 aromatic heterocycles. The SMILES string of the molecule is O=C(O)c1ccnc(Oc2ccc(Oc3ccccc3)cc2)c1. The molecule has 114 valence electrons. The minimum Gasteiger partial charge on any atom is -0.478 e. The molecule has 1 N–H and O–H groups in total. The van der Waals surface area contributed by atoms with Crippen molar-refractivity contribution in [1.82, 2.24) is 4.98 Å². The molecular weight excluding hydrogens is 294 g/mol. The maximum Gasteiger partial charge on any atom is 0.335 e. The Bertz CT molecular complexity index is 801. The first-order valence-corrected chi connectivity index (χ1v) is 6.91. The van der Waals surface area contributed by atoms with Gasteiger partial charge in [-0.1, -0.05) is 18.2 Å². The van der Waals surface area contributed by atoms with Gasteiger partial charge in [-0.05, 0) is 42.5 Å². The van der Waals surface area contributed by atoms with Crippen LogP contribution in [0.1, 0.15) is 10.4 Å². The number of carbonyl (C=O) groups is 1. The molecule has 0 amide bonds. The molecule has 5 nitrogen and oxygen atoms in total. The quantitative estimate of drug-likeness (QED) is 0.758. The second-order valence-corrected chi connectivity index (χ2v) is 4.68. The second-order valence-electron chi connectivity index (χ2n) is 4.68. The Kier molecular flexibility index (Phi) is 4.20. The Morgan fingerprint density at radius 3 is 2.09 bits per heavy atom. The number of pyridine rings is 1. The highest BCUT2D eigenvalue weighted by Crippen LogP contribution is 2.26. The molecule has 2 aromatic carbocycles. The molecule has 23 heavy (non-hydrogen) atoms. The predicted molar refractivity (Wildman–Crippen MR) is 84.2 cm³/mol. The maximum atomic E-state index is 10.9. The average Bonchev–Trinajstić information content (AvgIpc) is 2.58. The molecule has 3 rings (SSSR count). The third-order valence-corrected chi connectivity index (χ3v) is 3.01. The number of carboxylic acids is 1. The normalized spacial score (nSPS) is 10.1. The van der Waals surface area contributed by atoms with E-state index in [9.17, 15) is 4.79 Å². The molecule has 0 saturated carbocycles. The molecular formula is C18H13NO4. The fraction of sp³-hybridized carbons (Fsp3) is 0. The van der Waals surface area contributed by atoms with Crippen LogP contribution in [-0.2, 0) is 0 Å². The van der Waals surface area contributed by atoms with Crippen LogP contribution in [0.4, 0.5) is 0 Å². The Morgan fingerprint density at radius 2 is 1.43 bits per heavy atom. The lowest BCUT2D eigenvalue weighted by Gasteiger charge is -2.08. The molecule has 0 bridgehead atoms. The monoisotopic (exact) mass is 307 g/mol. The molecule has 1 heterocycles. The fourth-order valence-corrected chi connectivity index (χ4v) is 1.92. The lowest BCUT2D eigenvalue weighted by Crippen LogP contribution is -1.97. The third-order valence-electron chi connectivity index (χ3n) is 3.01. The van der Waals surface area contributed by atoms with Gasteiger partial charge in [-0.15, -0.1) is 0 Å². The average molecular weight is 307 g/mol. The van der Waals surface area contributed by atoms with Gasteiger partial charge in [0.25, 0.3) is 0 Å². The molecule has 0 unspecified atom stereocenters. The number of rotatable bonds is 5. The van der Waals surface area contributed by atoms with Gasteiger partial charge in [-0.25, -0.2) is 9.78 Å². The smallest absolute Gasteiger partial charge is 0.335 e. The number of carboxylic acid groups (broad SMARTS) is 1. The van der Waals surface area contributed by atoms with Gasteiger partial charge in [0, 0.05) is 12.3 Å². The highest BCUT2D eigenvalue weighted by atomic mass is 16.5. The Labute approximate surface area is 132 Å². The van der Waals surface area contributed by atoms with Crippen molar-refractivity contribution in [1.29, 1.82) is 0 Å². The van der Waals surface area contributed by atoms with Crippen LogP contribution in [0.15, 0.2) is 72.9 Å². The van der Waals surface area contributed by atoms with Crippen molar-refractivity contribution in [3.8, 4) is 23.1 Å². The molecule has 0 aliphatic rings. The summed E-state index contributed by atoms with van der Waals surface area (Å²) < 4.78 is 11.2. The first-order valence-electron chi connectivity index (χ1n) is 6.91. The number of nitrogens with zero attached hydrogens (tertiary/aromatic N) is 1. The van der Waals surface area contributed by atoms with Gasteiger partial charge in [-0.3, -0.25) is 0 Å². The van der Waals surface area contributed by atoms with E-state index in [1.54, 1.807) is 24.3 Å². The van der Waals surface area contributed by atoms with Crippen molar-refractivity contribution >= 4 is 5.97 Å². The minimum atomic E-state index is -1.02. The van der Waals surface area contributed by atoms with Gasteiger partial charge in [0.2, 0.25) is 5.88 Å². The summed E-state index contributed by atoms with van der Waals surface area (Å²) in [5, 5.41) is 8.95. The van der Waals surface area contributed by atoms with Crippen LogP contribution < -0.4 is 9.47 Å². The topological polar surface area (TPSA) is 68.7 Å². The van der Waals surface area contributed by atoms with E-state index in [0.717, 1.165) is 5.75 Å². The van der Waals surface area contributed by atoms with Crippen LogP contribution in [0.2, 0.25) is 0 Å². The lowest BCUT2D eigenvalue weighted by atomic mass is 10.3. The summed E-state index contributed by atoms with van der Waals surface area (Å²) in [6.45, 7) is 0. The molecule has 3 aromatic rings. The van der Waals surface area contributed by atoms with Gasteiger partial charge in [0.05, 0.1) is 5.56 Å². The molecule has 0 aliphatic carbocycles. The molecule has 0 atom stereocenters. The number of para-hydroxylation sites is 1. The number of ether oxygens (including phenoxy) is 2. The van der Waals surface area contributed by atoms with Gasteiger partial charge in [-0.2, -0.15) is 0 Å². The van der Waals surface area contributed by atoms with E-state index in [0.29, 0.717) is 11.5 Å². The van der Waals surface area contributed by atoms with Crippen molar-refractivity contribution in [3.05, 3.63) is 78.5 Å². The Hall–Kier alpha value is -3.34. The number of benzene rings is 2. The summed E-state index contributed by atoms with van der Waals surface area (Å²) in [5.41, 5.74) is 0.124. The molecule has 0 radical (unpaired) electrons. The first kappa shape index (κ1) is 14.6. The van der Waals surface area contributed by atoms with Gasteiger partial charge < -0.3 is 14.6 Å². The van der Waals surface area contributed by atoms with Crippen molar-refractivity contribution in [3.63, 3.8) is 0 Å².